The van der Waals surface area contributed by atoms with Crippen molar-refractivity contribution in [2.45, 2.75) is 12.8 Å². The summed E-state index contributed by atoms with van der Waals surface area (Å²) >= 11 is 0. The zero-order chi connectivity index (χ0) is 19.2. The Morgan fingerprint density at radius 2 is 0.966 bits per heavy atom. The van der Waals surface area contributed by atoms with Crippen molar-refractivity contribution in [3.63, 3.8) is 0 Å². The summed E-state index contributed by atoms with van der Waals surface area (Å²) in [6.07, 6.45) is 2.32. The van der Waals surface area contributed by atoms with Crippen molar-refractivity contribution in [3.05, 3.63) is 114 Å². The Morgan fingerprint density at radius 1 is 0.448 bits per heavy atom. The fourth-order valence-electron chi connectivity index (χ4n) is 4.94. The van der Waals surface area contributed by atoms with Gasteiger partial charge in [-0.2, -0.15) is 0 Å². The van der Waals surface area contributed by atoms with Crippen LogP contribution < -0.4 is 15.9 Å². The van der Waals surface area contributed by atoms with E-state index in [1.807, 2.05) is 0 Å². The molecule has 0 aromatic heterocycles. The standard InChI is InChI=1S/C28H21P/c1-3-10-20(11-4-1)29(21-12-5-2-6-13-21)27-17-9-16-25-24-18-19-26(28(25)27)23-15-8-7-14-22(23)24/h1-17H,18-19H2. The first kappa shape index (κ1) is 17.0. The third kappa shape index (κ3) is 2.64. The van der Waals surface area contributed by atoms with Crippen LogP contribution in [0.25, 0.3) is 21.5 Å². The van der Waals surface area contributed by atoms with Gasteiger partial charge in [0.05, 0.1) is 0 Å². The van der Waals surface area contributed by atoms with E-state index < -0.39 is 7.92 Å². The van der Waals surface area contributed by atoms with Gasteiger partial charge in [-0.1, -0.05) is 103 Å². The second kappa shape index (κ2) is 6.83. The Morgan fingerprint density at radius 3 is 1.62 bits per heavy atom. The number of aryl methyl sites for hydroxylation is 2. The van der Waals surface area contributed by atoms with Gasteiger partial charge in [0.15, 0.2) is 0 Å². The molecule has 0 unspecified atom stereocenters. The molecule has 0 spiro atoms. The SMILES string of the molecule is c1ccc(P(c2ccccc2)c2cccc3c4c5ccccc5c(c23)CC4)cc1. The summed E-state index contributed by atoms with van der Waals surface area (Å²) in [5.74, 6) is 0. The van der Waals surface area contributed by atoms with Crippen LogP contribution in [0.1, 0.15) is 11.1 Å². The first-order chi connectivity index (χ1) is 14.4. The molecule has 1 heteroatoms. The van der Waals surface area contributed by atoms with Gasteiger partial charge < -0.3 is 0 Å². The topological polar surface area (TPSA) is 0 Å². The largest absolute Gasteiger partial charge is 0.0622 e. The maximum absolute atomic E-state index is 2.38. The average Bonchev–Trinajstić information content (AvgIpc) is 2.81. The Bertz CT molecular complexity index is 1300. The Labute approximate surface area is 172 Å². The van der Waals surface area contributed by atoms with Crippen molar-refractivity contribution < 1.29 is 0 Å². The van der Waals surface area contributed by atoms with Crippen LogP contribution in [0, 0.1) is 0 Å². The third-order valence-corrected chi connectivity index (χ3v) is 8.62. The zero-order valence-corrected chi connectivity index (χ0v) is 17.1. The fourth-order valence-corrected chi connectivity index (χ4v) is 7.45. The minimum atomic E-state index is -0.596. The van der Waals surface area contributed by atoms with Gasteiger partial charge in [-0.15, -0.1) is 0 Å². The van der Waals surface area contributed by atoms with Crippen LogP contribution in [-0.4, -0.2) is 0 Å². The van der Waals surface area contributed by atoms with E-state index in [2.05, 4.69) is 103 Å². The Balaban J connectivity index is 1.72. The van der Waals surface area contributed by atoms with Crippen LogP contribution in [0.4, 0.5) is 0 Å². The molecule has 0 N–H and O–H groups in total. The van der Waals surface area contributed by atoms with Crippen molar-refractivity contribution in [1.29, 1.82) is 0 Å². The first-order valence-corrected chi connectivity index (χ1v) is 11.6. The second-order valence-corrected chi connectivity index (χ2v) is 9.89. The monoisotopic (exact) mass is 388 g/mol. The Hall–Kier alpha value is -2.95. The molecule has 2 aliphatic rings. The van der Waals surface area contributed by atoms with Crippen molar-refractivity contribution in [2.24, 2.45) is 0 Å². The molecular formula is C28H21P. The van der Waals surface area contributed by atoms with E-state index in [0.29, 0.717) is 0 Å². The van der Waals surface area contributed by atoms with Gasteiger partial charge in [0.2, 0.25) is 0 Å². The van der Waals surface area contributed by atoms with Gasteiger partial charge in [-0.05, 0) is 69.3 Å². The zero-order valence-electron chi connectivity index (χ0n) is 16.2. The lowest BCUT2D eigenvalue weighted by Crippen LogP contribution is -2.23. The molecule has 0 fully saturated rings. The summed E-state index contributed by atoms with van der Waals surface area (Å²) in [6.45, 7) is 0. The van der Waals surface area contributed by atoms with Gasteiger partial charge >= 0.3 is 0 Å². The molecule has 0 radical (unpaired) electrons. The third-order valence-electron chi connectivity index (χ3n) is 6.14. The lowest BCUT2D eigenvalue weighted by molar-refractivity contribution is 0.973. The number of benzene rings is 5. The van der Waals surface area contributed by atoms with Gasteiger partial charge in [0.25, 0.3) is 0 Å². The predicted molar refractivity (Wildman–Crippen MR) is 128 cm³/mol. The van der Waals surface area contributed by atoms with Crippen LogP contribution in [-0.2, 0) is 12.8 Å². The van der Waals surface area contributed by atoms with E-state index in [1.165, 1.54) is 43.0 Å². The summed E-state index contributed by atoms with van der Waals surface area (Å²) in [4.78, 5) is 0. The molecule has 0 heterocycles. The Kier molecular flexibility index (Phi) is 3.99. The molecule has 0 aliphatic heterocycles. The molecular weight excluding hydrogens is 367 g/mol. The highest BCUT2D eigenvalue weighted by atomic mass is 31.1. The van der Waals surface area contributed by atoms with Crippen LogP contribution in [0.5, 0.6) is 0 Å². The number of fused-ring (bicyclic) bond motifs is 1. The first-order valence-electron chi connectivity index (χ1n) is 10.3. The molecule has 0 atom stereocenters. The number of hydrogen-bond donors (Lipinski definition) is 0. The molecule has 0 nitrogen and oxygen atoms in total. The lowest BCUT2D eigenvalue weighted by Gasteiger charge is -2.27. The molecule has 0 saturated heterocycles. The summed E-state index contributed by atoms with van der Waals surface area (Å²) in [5, 5.41) is 10.2. The molecule has 5 aromatic carbocycles. The van der Waals surface area contributed by atoms with Crippen LogP contribution in [0.3, 0.4) is 0 Å². The second-order valence-electron chi connectivity index (χ2n) is 7.71. The van der Waals surface area contributed by atoms with Gasteiger partial charge in [0, 0.05) is 0 Å². The van der Waals surface area contributed by atoms with Crippen molar-refractivity contribution in [3.8, 4) is 0 Å². The molecule has 5 aromatic rings. The van der Waals surface area contributed by atoms with Crippen molar-refractivity contribution in [2.75, 3.05) is 0 Å². The molecule has 7 rings (SSSR count). The highest BCUT2D eigenvalue weighted by Crippen LogP contribution is 2.43. The molecule has 29 heavy (non-hydrogen) atoms. The number of hydrogen-bond acceptors (Lipinski definition) is 0. The van der Waals surface area contributed by atoms with E-state index in [-0.39, 0.29) is 0 Å². The molecule has 2 bridgehead atoms. The van der Waals surface area contributed by atoms with E-state index >= 15 is 0 Å². The van der Waals surface area contributed by atoms with Crippen LogP contribution in [0.2, 0.25) is 0 Å². The smallest absolute Gasteiger partial charge is 0.00589 e. The van der Waals surface area contributed by atoms with Crippen LogP contribution >= 0.6 is 7.92 Å². The maximum Gasteiger partial charge on any atom is -0.00589 e. The number of rotatable bonds is 3. The minimum absolute atomic E-state index is 0.596. The van der Waals surface area contributed by atoms with Gasteiger partial charge in [-0.3, -0.25) is 0 Å². The fraction of sp³-hybridized carbons (Fsp3) is 0.0714. The van der Waals surface area contributed by atoms with Gasteiger partial charge in [-0.25, -0.2) is 0 Å². The van der Waals surface area contributed by atoms with Gasteiger partial charge in [0.1, 0.15) is 0 Å². The van der Waals surface area contributed by atoms with E-state index in [0.717, 1.165) is 12.8 Å². The quantitative estimate of drug-likeness (QED) is 0.269. The lowest BCUT2D eigenvalue weighted by atomic mass is 9.82. The summed E-state index contributed by atoms with van der Waals surface area (Å²) in [5.41, 5.74) is 3.07. The molecule has 0 saturated carbocycles. The highest BCUT2D eigenvalue weighted by Gasteiger charge is 2.25. The summed E-state index contributed by atoms with van der Waals surface area (Å²) < 4.78 is 0. The highest BCUT2D eigenvalue weighted by molar-refractivity contribution is 7.80. The normalized spacial score (nSPS) is 12.9. The molecule has 138 valence electrons. The van der Waals surface area contributed by atoms with Crippen molar-refractivity contribution >= 4 is 45.4 Å². The van der Waals surface area contributed by atoms with E-state index in [1.54, 1.807) is 5.56 Å². The average molecular weight is 388 g/mol. The summed E-state index contributed by atoms with van der Waals surface area (Å²) in [7, 11) is -0.596. The van der Waals surface area contributed by atoms with Crippen LogP contribution in [0.15, 0.2) is 103 Å². The van der Waals surface area contributed by atoms with Crippen molar-refractivity contribution in [1.82, 2.24) is 0 Å². The molecule has 2 aliphatic carbocycles. The van der Waals surface area contributed by atoms with E-state index in [9.17, 15) is 0 Å². The maximum atomic E-state index is 2.38. The van der Waals surface area contributed by atoms with E-state index in [4.69, 9.17) is 0 Å². The predicted octanol–water partition coefficient (Wildman–Crippen LogP) is 5.85. The summed E-state index contributed by atoms with van der Waals surface area (Å²) in [6, 6.07) is 38.1. The molecule has 0 amide bonds. The minimum Gasteiger partial charge on any atom is -0.0622 e.